The average molecular weight is 600 g/mol. The number of benzene rings is 2. The molecule has 0 unspecified atom stereocenters. The Labute approximate surface area is 255 Å². The van der Waals surface area contributed by atoms with Crippen molar-refractivity contribution in [2.24, 2.45) is 5.92 Å². The number of amides is 3. The molecule has 11 heteroatoms. The van der Waals surface area contributed by atoms with Gasteiger partial charge < -0.3 is 16.0 Å². The number of hydrogen-bond donors (Lipinski definition) is 3. The second-order valence-electron chi connectivity index (χ2n) is 10.7. The van der Waals surface area contributed by atoms with Crippen molar-refractivity contribution in [3.05, 3.63) is 94.1 Å². The molecule has 4 aromatic rings. The first-order valence-electron chi connectivity index (χ1n) is 14.5. The highest BCUT2D eigenvalue weighted by molar-refractivity contribution is 7.15. The molecule has 0 saturated heterocycles. The molecule has 3 N–H and O–H groups in total. The Morgan fingerprint density at radius 2 is 1.37 bits per heavy atom. The summed E-state index contributed by atoms with van der Waals surface area (Å²) in [7, 11) is 0. The van der Waals surface area contributed by atoms with E-state index < -0.39 is 0 Å². The molecule has 3 amide bonds. The van der Waals surface area contributed by atoms with Crippen LogP contribution in [0.15, 0.2) is 66.7 Å². The minimum Gasteiger partial charge on any atom is -0.356 e. The maximum absolute atomic E-state index is 12.6. The third-order valence-electron chi connectivity index (χ3n) is 6.41. The normalized spacial score (nSPS) is 10.9. The van der Waals surface area contributed by atoms with E-state index in [9.17, 15) is 14.4 Å². The Hall–Kier alpha value is -4.51. The van der Waals surface area contributed by atoms with Crippen LogP contribution in [-0.4, -0.2) is 44.7 Å². The van der Waals surface area contributed by atoms with Gasteiger partial charge in [0.1, 0.15) is 5.01 Å². The minimum atomic E-state index is -0.178. The van der Waals surface area contributed by atoms with Crippen molar-refractivity contribution >= 4 is 40.0 Å². The topological polar surface area (TPSA) is 139 Å². The summed E-state index contributed by atoms with van der Waals surface area (Å²) in [5, 5.41) is 26.5. The van der Waals surface area contributed by atoms with Gasteiger partial charge in [0.15, 0.2) is 5.82 Å². The fraction of sp³-hybridized carbons (Fsp3) is 0.344. The van der Waals surface area contributed by atoms with Gasteiger partial charge in [-0.05, 0) is 54.0 Å². The molecular weight excluding hydrogens is 562 g/mol. The Kier molecular flexibility index (Phi) is 11.8. The van der Waals surface area contributed by atoms with Crippen LogP contribution in [0.3, 0.4) is 0 Å². The predicted molar refractivity (Wildman–Crippen MR) is 168 cm³/mol. The summed E-state index contributed by atoms with van der Waals surface area (Å²) in [6.45, 7) is 4.75. The van der Waals surface area contributed by atoms with Crippen molar-refractivity contribution in [3.8, 4) is 0 Å². The highest BCUT2D eigenvalue weighted by Gasteiger charge is 2.11. The SMILES string of the molecule is CC(C)CNC(=O)Cc1cccc(CC(=O)Nc2nnc(CCCCc3ccc(NC(=O)Cc4ccccc4)nn3)s2)c1. The molecule has 0 spiro atoms. The maximum Gasteiger partial charge on any atom is 0.230 e. The van der Waals surface area contributed by atoms with Gasteiger partial charge in [-0.1, -0.05) is 79.8 Å². The number of aromatic nitrogens is 4. The fourth-order valence-electron chi connectivity index (χ4n) is 4.28. The predicted octanol–water partition coefficient (Wildman–Crippen LogP) is 4.57. The van der Waals surface area contributed by atoms with Crippen LogP contribution in [0.2, 0.25) is 0 Å². The minimum absolute atomic E-state index is 0.0253. The molecule has 0 radical (unpaired) electrons. The standard InChI is InChI=1S/C32H37N7O3S/c1-22(2)21-33-28(40)19-24-11-8-12-25(17-24)20-30(42)35-32-39-38-31(43-32)14-7-6-13-26-15-16-27(37-36-26)34-29(41)18-23-9-4-3-5-10-23/h3-5,8-12,15-17,22H,6-7,13-14,18-21H2,1-2H3,(H,33,40)(H,34,37,41)(H,35,39,42). The zero-order valence-corrected chi connectivity index (χ0v) is 25.3. The molecule has 0 atom stereocenters. The smallest absolute Gasteiger partial charge is 0.230 e. The van der Waals surface area contributed by atoms with Crippen LogP contribution in [0.5, 0.6) is 0 Å². The number of anilines is 2. The Bertz CT molecular complexity index is 1490. The quantitative estimate of drug-likeness (QED) is 0.170. The molecule has 0 saturated carbocycles. The van der Waals surface area contributed by atoms with Gasteiger partial charge in [-0.3, -0.25) is 14.4 Å². The van der Waals surface area contributed by atoms with E-state index in [0.29, 0.717) is 23.4 Å². The van der Waals surface area contributed by atoms with E-state index >= 15 is 0 Å². The lowest BCUT2D eigenvalue weighted by Gasteiger charge is -2.08. The zero-order chi connectivity index (χ0) is 30.4. The molecule has 0 bridgehead atoms. The molecule has 0 aliphatic carbocycles. The van der Waals surface area contributed by atoms with Gasteiger partial charge in [-0.2, -0.15) is 5.10 Å². The number of rotatable bonds is 15. The number of nitrogens with zero attached hydrogens (tertiary/aromatic N) is 4. The largest absolute Gasteiger partial charge is 0.356 e. The third-order valence-corrected chi connectivity index (χ3v) is 7.31. The van der Waals surface area contributed by atoms with Crippen molar-refractivity contribution in [3.63, 3.8) is 0 Å². The van der Waals surface area contributed by atoms with Gasteiger partial charge in [-0.25, -0.2) is 0 Å². The molecule has 224 valence electrons. The van der Waals surface area contributed by atoms with Crippen LogP contribution in [0, 0.1) is 5.92 Å². The van der Waals surface area contributed by atoms with Crippen molar-refractivity contribution in [1.82, 2.24) is 25.7 Å². The van der Waals surface area contributed by atoms with Crippen LogP contribution in [0.25, 0.3) is 0 Å². The molecule has 2 aromatic heterocycles. The van der Waals surface area contributed by atoms with Crippen LogP contribution >= 0.6 is 11.3 Å². The lowest BCUT2D eigenvalue weighted by Crippen LogP contribution is -2.28. The first kappa shape index (κ1) is 31.4. The van der Waals surface area contributed by atoms with Gasteiger partial charge in [0, 0.05) is 13.0 Å². The Balaban J connectivity index is 1.14. The van der Waals surface area contributed by atoms with E-state index in [1.807, 2.05) is 60.7 Å². The first-order valence-corrected chi connectivity index (χ1v) is 15.3. The van der Waals surface area contributed by atoms with Gasteiger partial charge in [0.05, 0.1) is 25.0 Å². The second kappa shape index (κ2) is 16.2. The molecule has 0 aliphatic rings. The summed E-state index contributed by atoms with van der Waals surface area (Å²) in [6.07, 6.45) is 4.04. The molecule has 0 aliphatic heterocycles. The van der Waals surface area contributed by atoms with Crippen LogP contribution in [-0.2, 0) is 46.5 Å². The van der Waals surface area contributed by atoms with Gasteiger partial charge in [-0.15, -0.1) is 15.3 Å². The van der Waals surface area contributed by atoms with Crippen molar-refractivity contribution < 1.29 is 14.4 Å². The summed E-state index contributed by atoms with van der Waals surface area (Å²) in [6, 6.07) is 20.7. The molecule has 0 fully saturated rings. The highest BCUT2D eigenvalue weighted by Crippen LogP contribution is 2.18. The lowest BCUT2D eigenvalue weighted by atomic mass is 10.1. The molecule has 43 heavy (non-hydrogen) atoms. The zero-order valence-electron chi connectivity index (χ0n) is 24.5. The van der Waals surface area contributed by atoms with Crippen molar-refractivity contribution in [1.29, 1.82) is 0 Å². The lowest BCUT2D eigenvalue weighted by molar-refractivity contribution is -0.120. The second-order valence-corrected chi connectivity index (χ2v) is 11.8. The summed E-state index contributed by atoms with van der Waals surface area (Å²) >= 11 is 1.37. The molecular formula is C32H37N7O3S. The van der Waals surface area contributed by atoms with E-state index in [1.165, 1.54) is 11.3 Å². The number of carbonyl (C=O) groups excluding carboxylic acids is 3. The summed E-state index contributed by atoms with van der Waals surface area (Å²) in [5.74, 6) is 0.496. The number of aryl methyl sites for hydroxylation is 2. The molecule has 2 aromatic carbocycles. The summed E-state index contributed by atoms with van der Waals surface area (Å²) < 4.78 is 0. The third kappa shape index (κ3) is 11.4. The maximum atomic E-state index is 12.6. The van der Waals surface area contributed by atoms with Crippen molar-refractivity contribution in [2.75, 3.05) is 17.2 Å². The van der Waals surface area contributed by atoms with E-state index in [4.69, 9.17) is 0 Å². The monoisotopic (exact) mass is 599 g/mol. The Morgan fingerprint density at radius 3 is 2.09 bits per heavy atom. The number of carbonyl (C=O) groups is 3. The average Bonchev–Trinajstić information content (AvgIpc) is 3.42. The number of unbranched alkanes of at least 4 members (excludes halogenated alkanes) is 1. The van der Waals surface area contributed by atoms with Crippen LogP contribution < -0.4 is 16.0 Å². The fourth-order valence-corrected chi connectivity index (χ4v) is 5.08. The van der Waals surface area contributed by atoms with E-state index in [1.54, 1.807) is 6.07 Å². The van der Waals surface area contributed by atoms with Gasteiger partial charge >= 0.3 is 0 Å². The van der Waals surface area contributed by atoms with Gasteiger partial charge in [0.2, 0.25) is 22.9 Å². The first-order chi connectivity index (χ1) is 20.8. The van der Waals surface area contributed by atoms with Crippen molar-refractivity contribution in [2.45, 2.75) is 58.8 Å². The number of nitrogens with one attached hydrogen (secondary N) is 3. The summed E-state index contributed by atoms with van der Waals surface area (Å²) in [4.78, 5) is 36.9. The Morgan fingerprint density at radius 1 is 0.698 bits per heavy atom. The van der Waals surface area contributed by atoms with E-state index in [-0.39, 0.29) is 37.0 Å². The summed E-state index contributed by atoms with van der Waals surface area (Å²) in [5.41, 5.74) is 3.50. The number of hydrogen-bond acceptors (Lipinski definition) is 8. The molecule has 2 heterocycles. The van der Waals surface area contributed by atoms with Crippen LogP contribution in [0.1, 0.15) is 54.1 Å². The van der Waals surface area contributed by atoms with Gasteiger partial charge in [0.25, 0.3) is 0 Å². The molecule has 4 rings (SSSR count). The van der Waals surface area contributed by atoms with E-state index in [0.717, 1.165) is 53.1 Å². The van der Waals surface area contributed by atoms with E-state index in [2.05, 4.69) is 50.2 Å². The molecule has 10 nitrogen and oxygen atoms in total. The highest BCUT2D eigenvalue weighted by atomic mass is 32.1. The van der Waals surface area contributed by atoms with Crippen LogP contribution in [0.4, 0.5) is 10.9 Å².